The minimum Gasteiger partial charge on any atom is -0.467 e. The van der Waals surface area contributed by atoms with Gasteiger partial charge in [-0.15, -0.1) is 0 Å². The van der Waals surface area contributed by atoms with Gasteiger partial charge in [-0.25, -0.2) is 4.79 Å². The summed E-state index contributed by atoms with van der Waals surface area (Å²) < 4.78 is 10.9. The van der Waals surface area contributed by atoms with Crippen LogP contribution in [-0.2, 0) is 16.0 Å². The van der Waals surface area contributed by atoms with Crippen LogP contribution in [0.25, 0.3) is 0 Å². The van der Waals surface area contributed by atoms with Crippen molar-refractivity contribution in [2.24, 2.45) is 0 Å². The van der Waals surface area contributed by atoms with Gasteiger partial charge in [0.05, 0.1) is 12.8 Å². The maximum Gasteiger partial charge on any atom is 0.328 e. The van der Waals surface area contributed by atoms with Crippen LogP contribution in [0, 0.1) is 0 Å². The van der Waals surface area contributed by atoms with Crippen LogP contribution in [-0.4, -0.2) is 19.1 Å². The highest BCUT2D eigenvalue weighted by Crippen LogP contribution is 2.30. The summed E-state index contributed by atoms with van der Waals surface area (Å²) in [5.41, 5.74) is 1.75. The zero-order chi connectivity index (χ0) is 19.1. The summed E-state index contributed by atoms with van der Waals surface area (Å²) in [4.78, 5) is 12.3. The van der Waals surface area contributed by atoms with Crippen molar-refractivity contribution in [1.82, 2.24) is 0 Å². The summed E-state index contributed by atoms with van der Waals surface area (Å²) in [5, 5.41) is 3.89. The molecule has 1 unspecified atom stereocenters. The Labute approximate surface area is 163 Å². The van der Waals surface area contributed by atoms with Gasteiger partial charge >= 0.3 is 5.97 Å². The number of benzene rings is 3. The van der Waals surface area contributed by atoms with Crippen molar-refractivity contribution in [3.8, 4) is 11.5 Å². The monoisotopic (exact) mass is 381 g/mol. The lowest BCUT2D eigenvalue weighted by atomic mass is 10.1. The molecular weight excluding hydrogens is 362 g/mol. The van der Waals surface area contributed by atoms with Gasteiger partial charge < -0.3 is 14.8 Å². The molecule has 0 aromatic heterocycles. The molecule has 0 spiro atoms. The Hall–Kier alpha value is -2.98. The molecule has 0 radical (unpaired) electrons. The number of nitrogens with one attached hydrogen (secondary N) is 1. The molecule has 0 heterocycles. The second-order valence-electron chi connectivity index (χ2n) is 5.96. The Balaban J connectivity index is 1.81. The van der Waals surface area contributed by atoms with Crippen LogP contribution in [0.2, 0.25) is 5.02 Å². The van der Waals surface area contributed by atoms with E-state index in [1.807, 2.05) is 54.6 Å². The van der Waals surface area contributed by atoms with E-state index in [1.165, 1.54) is 7.11 Å². The first kappa shape index (κ1) is 18.8. The van der Waals surface area contributed by atoms with E-state index >= 15 is 0 Å². The minimum absolute atomic E-state index is 0.333. The molecule has 0 fully saturated rings. The molecule has 0 saturated carbocycles. The van der Waals surface area contributed by atoms with Gasteiger partial charge in [-0.3, -0.25) is 0 Å². The standard InChI is InChI=1S/C22H20ClNO3/c1-26-22(25)20(15-16-7-3-2-4-8-16)24-19-9-5-6-10-21(19)27-18-13-11-17(23)12-14-18/h2-14,20,24H,15H2,1H3. The lowest BCUT2D eigenvalue weighted by Gasteiger charge is -2.20. The average Bonchev–Trinajstić information content (AvgIpc) is 2.70. The van der Waals surface area contributed by atoms with Gasteiger partial charge in [0.25, 0.3) is 0 Å². The van der Waals surface area contributed by atoms with Crippen LogP contribution < -0.4 is 10.1 Å². The first-order chi connectivity index (χ1) is 13.2. The molecule has 1 N–H and O–H groups in total. The smallest absolute Gasteiger partial charge is 0.328 e. The van der Waals surface area contributed by atoms with Crippen LogP contribution in [0.3, 0.4) is 0 Å². The van der Waals surface area contributed by atoms with Gasteiger partial charge in [-0.1, -0.05) is 54.1 Å². The second kappa shape index (κ2) is 9.10. The summed E-state index contributed by atoms with van der Waals surface area (Å²) >= 11 is 5.92. The summed E-state index contributed by atoms with van der Waals surface area (Å²) in [7, 11) is 1.39. The molecule has 27 heavy (non-hydrogen) atoms. The Morgan fingerprint density at radius 1 is 0.963 bits per heavy atom. The minimum atomic E-state index is -0.535. The third-order valence-electron chi connectivity index (χ3n) is 4.03. The largest absolute Gasteiger partial charge is 0.467 e. The van der Waals surface area contributed by atoms with Crippen LogP contribution in [0.5, 0.6) is 11.5 Å². The van der Waals surface area contributed by atoms with Crippen molar-refractivity contribution in [2.75, 3.05) is 12.4 Å². The second-order valence-corrected chi connectivity index (χ2v) is 6.40. The Bertz CT molecular complexity index is 882. The number of para-hydroxylation sites is 2. The molecule has 0 aliphatic carbocycles. The van der Waals surface area contributed by atoms with Gasteiger partial charge in [-0.05, 0) is 42.0 Å². The van der Waals surface area contributed by atoms with Crippen molar-refractivity contribution >= 4 is 23.3 Å². The summed E-state index contributed by atoms with van der Waals surface area (Å²) in [6.07, 6.45) is 0.503. The highest BCUT2D eigenvalue weighted by molar-refractivity contribution is 6.30. The summed E-state index contributed by atoms with van der Waals surface area (Å²) in [6.45, 7) is 0. The average molecular weight is 382 g/mol. The normalized spacial score (nSPS) is 11.5. The Kier molecular flexibility index (Phi) is 6.34. The third-order valence-corrected chi connectivity index (χ3v) is 4.28. The number of rotatable bonds is 7. The number of hydrogen-bond acceptors (Lipinski definition) is 4. The number of esters is 1. The number of hydrogen-bond donors (Lipinski definition) is 1. The van der Waals surface area contributed by atoms with E-state index in [9.17, 15) is 4.79 Å². The van der Waals surface area contributed by atoms with Gasteiger partial charge in [0.15, 0.2) is 5.75 Å². The van der Waals surface area contributed by atoms with Crippen LogP contribution in [0.15, 0.2) is 78.9 Å². The maximum absolute atomic E-state index is 12.3. The lowest BCUT2D eigenvalue weighted by molar-refractivity contribution is -0.141. The molecule has 0 aliphatic heterocycles. The molecule has 3 rings (SSSR count). The fourth-order valence-corrected chi connectivity index (χ4v) is 2.80. The van der Waals surface area contributed by atoms with Crippen molar-refractivity contribution in [1.29, 1.82) is 0 Å². The highest BCUT2D eigenvalue weighted by Gasteiger charge is 2.21. The molecule has 0 amide bonds. The van der Waals surface area contributed by atoms with E-state index in [2.05, 4.69) is 5.32 Å². The van der Waals surface area contributed by atoms with Gasteiger partial charge in [0.1, 0.15) is 11.8 Å². The molecule has 0 saturated heterocycles. The maximum atomic E-state index is 12.3. The van der Waals surface area contributed by atoms with E-state index in [1.54, 1.807) is 24.3 Å². The molecule has 3 aromatic rings. The Morgan fingerprint density at radius 3 is 2.33 bits per heavy atom. The fourth-order valence-electron chi connectivity index (χ4n) is 2.68. The molecule has 1 atom stereocenters. The van der Waals surface area contributed by atoms with Crippen LogP contribution in [0.1, 0.15) is 5.56 Å². The van der Waals surface area contributed by atoms with E-state index < -0.39 is 6.04 Å². The Morgan fingerprint density at radius 2 is 1.63 bits per heavy atom. The number of halogens is 1. The van der Waals surface area contributed by atoms with E-state index in [0.29, 0.717) is 28.6 Å². The van der Waals surface area contributed by atoms with Crippen molar-refractivity contribution in [3.05, 3.63) is 89.4 Å². The van der Waals surface area contributed by atoms with Crippen LogP contribution in [0.4, 0.5) is 5.69 Å². The first-order valence-corrected chi connectivity index (χ1v) is 8.94. The molecule has 0 aliphatic rings. The van der Waals surface area contributed by atoms with Crippen molar-refractivity contribution in [2.45, 2.75) is 12.5 Å². The van der Waals surface area contributed by atoms with E-state index in [4.69, 9.17) is 21.1 Å². The molecule has 3 aromatic carbocycles. The van der Waals surface area contributed by atoms with Gasteiger partial charge in [-0.2, -0.15) is 0 Å². The van der Waals surface area contributed by atoms with Gasteiger partial charge in [0, 0.05) is 11.4 Å². The summed E-state index contributed by atoms with van der Waals surface area (Å²) in [5.74, 6) is 0.938. The molecule has 138 valence electrons. The number of ether oxygens (including phenoxy) is 2. The lowest BCUT2D eigenvalue weighted by Crippen LogP contribution is -2.33. The van der Waals surface area contributed by atoms with E-state index in [0.717, 1.165) is 5.56 Å². The number of anilines is 1. The van der Waals surface area contributed by atoms with Crippen LogP contribution >= 0.6 is 11.6 Å². The molecule has 4 nitrogen and oxygen atoms in total. The quantitative estimate of drug-likeness (QED) is 0.562. The van der Waals surface area contributed by atoms with Crippen molar-refractivity contribution < 1.29 is 14.3 Å². The molecule has 5 heteroatoms. The molecule has 0 bridgehead atoms. The third kappa shape index (κ3) is 5.25. The van der Waals surface area contributed by atoms with E-state index in [-0.39, 0.29) is 5.97 Å². The number of carbonyl (C=O) groups excluding carboxylic acids is 1. The molecular formula is C22H20ClNO3. The first-order valence-electron chi connectivity index (χ1n) is 8.56. The SMILES string of the molecule is COC(=O)C(Cc1ccccc1)Nc1ccccc1Oc1ccc(Cl)cc1. The number of methoxy groups -OCH3 is 1. The predicted octanol–water partition coefficient (Wildman–Crippen LogP) is 5.33. The fraction of sp³-hybridized carbons (Fsp3) is 0.136. The highest BCUT2D eigenvalue weighted by atomic mass is 35.5. The zero-order valence-corrected chi connectivity index (χ0v) is 15.6. The topological polar surface area (TPSA) is 47.6 Å². The van der Waals surface area contributed by atoms with Crippen molar-refractivity contribution in [3.63, 3.8) is 0 Å². The van der Waals surface area contributed by atoms with Gasteiger partial charge in [0.2, 0.25) is 0 Å². The summed E-state index contributed by atoms with van der Waals surface area (Å²) in [6, 6.07) is 23.8. The zero-order valence-electron chi connectivity index (χ0n) is 14.9. The predicted molar refractivity (Wildman–Crippen MR) is 108 cm³/mol. The number of carbonyl (C=O) groups is 1.